The van der Waals surface area contributed by atoms with Gasteiger partial charge in [0.25, 0.3) is 5.91 Å². The number of hydrogen-bond acceptors (Lipinski definition) is 5. The van der Waals surface area contributed by atoms with Gasteiger partial charge in [-0.15, -0.1) is 0 Å². The molecule has 0 saturated carbocycles. The summed E-state index contributed by atoms with van der Waals surface area (Å²) in [5, 5.41) is 1.78. The van der Waals surface area contributed by atoms with E-state index in [1.54, 1.807) is 16.2 Å². The van der Waals surface area contributed by atoms with Crippen molar-refractivity contribution < 1.29 is 9.59 Å². The van der Waals surface area contributed by atoms with Crippen molar-refractivity contribution in [2.24, 2.45) is 0 Å². The Morgan fingerprint density at radius 2 is 1.81 bits per heavy atom. The van der Waals surface area contributed by atoms with Crippen LogP contribution in [0, 0.1) is 0 Å². The van der Waals surface area contributed by atoms with Crippen LogP contribution in [-0.4, -0.2) is 70.9 Å². The first-order valence-electron chi connectivity index (χ1n) is 10.9. The van der Waals surface area contributed by atoms with Gasteiger partial charge in [0.1, 0.15) is 5.69 Å². The number of anilines is 1. The van der Waals surface area contributed by atoms with Crippen LogP contribution in [0.3, 0.4) is 0 Å². The number of para-hydroxylation sites is 2. The lowest BCUT2D eigenvalue weighted by molar-refractivity contribution is -0.120. The van der Waals surface area contributed by atoms with Crippen molar-refractivity contribution in [3.05, 3.63) is 60.3 Å². The summed E-state index contributed by atoms with van der Waals surface area (Å²) in [4.78, 5) is 39.5. The Hall–Kier alpha value is -3.23. The van der Waals surface area contributed by atoms with Gasteiger partial charge in [0.2, 0.25) is 5.91 Å². The fourth-order valence-corrected chi connectivity index (χ4v) is 5.19. The van der Waals surface area contributed by atoms with Crippen LogP contribution in [0.25, 0.3) is 21.1 Å². The molecule has 0 radical (unpaired) electrons. The highest BCUT2D eigenvalue weighted by molar-refractivity contribution is 7.22. The maximum atomic E-state index is 13.0. The molecule has 0 spiro atoms. The summed E-state index contributed by atoms with van der Waals surface area (Å²) < 4.78 is 1.08. The summed E-state index contributed by atoms with van der Waals surface area (Å²) in [6.45, 7) is 5.45. The molecular formula is C24H25N5O2S. The number of fused-ring (bicyclic) bond motifs is 2. The van der Waals surface area contributed by atoms with E-state index >= 15 is 0 Å². The predicted octanol–water partition coefficient (Wildman–Crippen LogP) is 3.59. The van der Waals surface area contributed by atoms with Crippen LogP contribution in [0.2, 0.25) is 0 Å². The van der Waals surface area contributed by atoms with E-state index in [1.165, 1.54) is 0 Å². The molecule has 2 aromatic carbocycles. The molecule has 32 heavy (non-hydrogen) atoms. The average Bonchev–Trinajstić information content (AvgIpc) is 3.44. The molecule has 164 valence electrons. The number of nitrogens with one attached hydrogen (secondary N) is 1. The summed E-state index contributed by atoms with van der Waals surface area (Å²) in [5.74, 6) is 0.0544. The van der Waals surface area contributed by atoms with Gasteiger partial charge in [-0.3, -0.25) is 19.4 Å². The van der Waals surface area contributed by atoms with Gasteiger partial charge >= 0.3 is 0 Å². The largest absolute Gasteiger partial charge is 0.351 e. The van der Waals surface area contributed by atoms with E-state index in [4.69, 9.17) is 0 Å². The Labute approximate surface area is 190 Å². The number of amides is 2. The third-order valence-electron chi connectivity index (χ3n) is 5.91. The Kier molecular flexibility index (Phi) is 5.63. The highest BCUT2D eigenvalue weighted by Crippen LogP contribution is 2.28. The lowest BCUT2D eigenvalue weighted by Gasteiger charge is -2.34. The summed E-state index contributed by atoms with van der Waals surface area (Å²) >= 11 is 1.54. The average molecular weight is 448 g/mol. The van der Waals surface area contributed by atoms with Crippen LogP contribution in [0.5, 0.6) is 0 Å². The molecule has 1 aliphatic rings. The molecule has 0 unspecified atom stereocenters. The quantitative estimate of drug-likeness (QED) is 0.508. The number of rotatable bonds is 5. The summed E-state index contributed by atoms with van der Waals surface area (Å²) in [6, 6.07) is 17.7. The van der Waals surface area contributed by atoms with E-state index in [-0.39, 0.29) is 11.8 Å². The van der Waals surface area contributed by atoms with E-state index < -0.39 is 0 Å². The summed E-state index contributed by atoms with van der Waals surface area (Å²) in [6.07, 6.45) is 0. The number of thiazole rings is 1. The Balaban J connectivity index is 1.20. The minimum absolute atomic E-state index is 0.0110. The maximum absolute atomic E-state index is 13.0. The van der Waals surface area contributed by atoms with Gasteiger partial charge in [0.05, 0.1) is 16.8 Å². The van der Waals surface area contributed by atoms with Crippen LogP contribution >= 0.6 is 11.3 Å². The molecule has 2 amide bonds. The molecule has 7 nitrogen and oxygen atoms in total. The molecule has 0 bridgehead atoms. The Bertz CT molecular complexity index is 1210. The van der Waals surface area contributed by atoms with Crippen molar-refractivity contribution in [3.63, 3.8) is 0 Å². The van der Waals surface area contributed by atoms with Crippen LogP contribution in [0.4, 0.5) is 5.13 Å². The van der Waals surface area contributed by atoms with Crippen molar-refractivity contribution in [2.45, 2.75) is 6.92 Å². The number of aromatic nitrogens is 2. The van der Waals surface area contributed by atoms with Gasteiger partial charge in [-0.25, -0.2) is 4.98 Å². The van der Waals surface area contributed by atoms with E-state index in [0.717, 1.165) is 26.3 Å². The van der Waals surface area contributed by atoms with E-state index in [2.05, 4.69) is 14.9 Å². The molecule has 1 N–H and O–H groups in total. The Morgan fingerprint density at radius 1 is 1.06 bits per heavy atom. The fraction of sp³-hybridized carbons (Fsp3) is 0.292. The van der Waals surface area contributed by atoms with E-state index in [0.29, 0.717) is 45.0 Å². The monoisotopic (exact) mass is 447 g/mol. The number of hydrogen-bond donors (Lipinski definition) is 1. The number of benzene rings is 2. The number of carbonyl (C=O) groups excluding carboxylic acids is 2. The van der Waals surface area contributed by atoms with Gasteiger partial charge in [0.15, 0.2) is 5.13 Å². The molecular weight excluding hydrogens is 422 g/mol. The van der Waals surface area contributed by atoms with Gasteiger partial charge in [-0.2, -0.15) is 0 Å². The highest BCUT2D eigenvalue weighted by Gasteiger charge is 2.26. The Morgan fingerprint density at radius 3 is 2.56 bits per heavy atom. The standard InChI is InChI=1S/C24H25N5O2S/c1-2-29(24-26-19-9-5-6-10-21(19)32-24)22(30)16-27-11-13-28(14-12-27)23(31)20-15-17-7-3-4-8-18(17)25-20/h3-10,15,25H,2,11-14,16H2,1H3. The van der Waals surface area contributed by atoms with E-state index in [1.807, 2.05) is 66.4 Å². The van der Waals surface area contributed by atoms with Crippen LogP contribution in [0.1, 0.15) is 17.4 Å². The number of likely N-dealkylation sites (N-methyl/N-ethyl adjacent to an activating group) is 1. The zero-order valence-electron chi connectivity index (χ0n) is 18.0. The minimum Gasteiger partial charge on any atom is -0.351 e. The van der Waals surface area contributed by atoms with Crippen molar-refractivity contribution in [1.29, 1.82) is 0 Å². The summed E-state index contributed by atoms with van der Waals surface area (Å²) in [7, 11) is 0. The molecule has 4 aromatic rings. The smallest absolute Gasteiger partial charge is 0.270 e. The molecule has 8 heteroatoms. The molecule has 0 aliphatic carbocycles. The van der Waals surface area contributed by atoms with Crippen LogP contribution < -0.4 is 4.90 Å². The SMILES string of the molecule is CCN(C(=O)CN1CCN(C(=O)c2cc3ccccc3[nH]2)CC1)c1nc2ccccc2s1. The highest BCUT2D eigenvalue weighted by atomic mass is 32.1. The van der Waals surface area contributed by atoms with Crippen molar-refractivity contribution in [1.82, 2.24) is 19.8 Å². The zero-order valence-corrected chi connectivity index (χ0v) is 18.8. The van der Waals surface area contributed by atoms with Crippen molar-refractivity contribution >= 4 is 49.4 Å². The second-order valence-corrected chi connectivity index (χ2v) is 8.95. The maximum Gasteiger partial charge on any atom is 0.270 e. The number of carbonyl (C=O) groups is 2. The minimum atomic E-state index is 0.0110. The molecule has 1 aliphatic heterocycles. The third kappa shape index (κ3) is 3.99. The molecule has 1 saturated heterocycles. The summed E-state index contributed by atoms with van der Waals surface area (Å²) in [5.41, 5.74) is 2.50. The lowest BCUT2D eigenvalue weighted by Crippen LogP contribution is -2.51. The fourth-order valence-electron chi connectivity index (χ4n) is 4.14. The van der Waals surface area contributed by atoms with Gasteiger partial charge in [0, 0.05) is 43.6 Å². The third-order valence-corrected chi connectivity index (χ3v) is 6.97. The number of aromatic amines is 1. The van der Waals surface area contributed by atoms with Crippen molar-refractivity contribution in [3.8, 4) is 0 Å². The molecule has 0 atom stereocenters. The van der Waals surface area contributed by atoms with Gasteiger partial charge < -0.3 is 9.88 Å². The molecule has 3 heterocycles. The molecule has 1 fully saturated rings. The number of nitrogens with zero attached hydrogens (tertiary/aromatic N) is 4. The number of piperazine rings is 1. The van der Waals surface area contributed by atoms with Gasteiger partial charge in [-0.05, 0) is 31.2 Å². The lowest BCUT2D eigenvalue weighted by atomic mass is 10.2. The topological polar surface area (TPSA) is 72.5 Å². The second-order valence-electron chi connectivity index (χ2n) is 7.94. The zero-order chi connectivity index (χ0) is 22.1. The van der Waals surface area contributed by atoms with Crippen LogP contribution in [-0.2, 0) is 4.79 Å². The van der Waals surface area contributed by atoms with E-state index in [9.17, 15) is 9.59 Å². The first kappa shape index (κ1) is 20.7. The second kappa shape index (κ2) is 8.72. The van der Waals surface area contributed by atoms with Crippen LogP contribution in [0.15, 0.2) is 54.6 Å². The normalized spacial score (nSPS) is 14.8. The van der Waals surface area contributed by atoms with Crippen molar-refractivity contribution in [2.75, 3.05) is 44.2 Å². The molecule has 5 rings (SSSR count). The first-order valence-corrected chi connectivity index (χ1v) is 11.7. The van der Waals surface area contributed by atoms with Gasteiger partial charge in [-0.1, -0.05) is 41.7 Å². The molecule has 2 aromatic heterocycles. The predicted molar refractivity (Wildman–Crippen MR) is 128 cm³/mol. The first-order chi connectivity index (χ1) is 15.6. The number of H-pyrrole nitrogens is 1.